The van der Waals surface area contributed by atoms with Gasteiger partial charge in [-0.05, 0) is 64.2 Å². The summed E-state index contributed by atoms with van der Waals surface area (Å²) in [6, 6.07) is 0. The van der Waals surface area contributed by atoms with Gasteiger partial charge in [0, 0.05) is 19.3 Å². The van der Waals surface area contributed by atoms with Crippen LogP contribution in [0.5, 0.6) is 0 Å². The van der Waals surface area contributed by atoms with E-state index < -0.39 is 6.10 Å². The van der Waals surface area contributed by atoms with Gasteiger partial charge in [-0.15, -0.1) is 0 Å². The fourth-order valence-electron chi connectivity index (χ4n) is 8.11. The average molecular weight is 899 g/mol. The lowest BCUT2D eigenvalue weighted by molar-refractivity contribution is -0.167. The van der Waals surface area contributed by atoms with E-state index in [4.69, 9.17) is 14.2 Å². The van der Waals surface area contributed by atoms with Crippen molar-refractivity contribution in [3.8, 4) is 0 Å². The molecule has 1 atom stereocenters. The molecular formula is C58H106O6. The van der Waals surface area contributed by atoms with Crippen molar-refractivity contribution in [3.63, 3.8) is 0 Å². The molecule has 6 nitrogen and oxygen atoms in total. The van der Waals surface area contributed by atoms with E-state index in [0.717, 1.165) is 96.3 Å². The number of unbranched alkanes of at least 4 members (excludes halogenated alkanes) is 34. The van der Waals surface area contributed by atoms with Gasteiger partial charge in [-0.2, -0.15) is 0 Å². The quantitative estimate of drug-likeness (QED) is 0.0262. The van der Waals surface area contributed by atoms with Crippen LogP contribution in [0.4, 0.5) is 0 Å². The highest BCUT2D eigenvalue weighted by molar-refractivity contribution is 5.71. The summed E-state index contributed by atoms with van der Waals surface area (Å²) in [5.74, 6) is -0.889. The minimum absolute atomic E-state index is 0.0774. The van der Waals surface area contributed by atoms with E-state index in [1.54, 1.807) is 0 Å². The maximum atomic E-state index is 12.8. The van der Waals surface area contributed by atoms with Crippen molar-refractivity contribution in [2.75, 3.05) is 13.2 Å². The zero-order valence-electron chi connectivity index (χ0n) is 42.8. The summed E-state index contributed by atoms with van der Waals surface area (Å²) in [5, 5.41) is 0. The van der Waals surface area contributed by atoms with Crippen molar-refractivity contribution in [2.45, 2.75) is 303 Å². The van der Waals surface area contributed by atoms with Gasteiger partial charge in [0.05, 0.1) is 0 Å². The number of rotatable bonds is 51. The molecule has 0 radical (unpaired) electrons. The summed E-state index contributed by atoms with van der Waals surface area (Å²) >= 11 is 0. The molecule has 0 bridgehead atoms. The Hall–Kier alpha value is -2.37. The molecule has 0 saturated carbocycles. The van der Waals surface area contributed by atoms with Crippen LogP contribution in [0.2, 0.25) is 0 Å². The van der Waals surface area contributed by atoms with Crippen molar-refractivity contribution in [3.05, 3.63) is 36.5 Å². The molecule has 0 aliphatic heterocycles. The van der Waals surface area contributed by atoms with Crippen molar-refractivity contribution in [1.29, 1.82) is 0 Å². The molecule has 0 aromatic heterocycles. The van der Waals surface area contributed by atoms with Gasteiger partial charge in [-0.3, -0.25) is 14.4 Å². The first-order valence-corrected chi connectivity index (χ1v) is 28.0. The minimum Gasteiger partial charge on any atom is -0.462 e. The van der Waals surface area contributed by atoms with Crippen LogP contribution in [0.25, 0.3) is 0 Å². The Morgan fingerprint density at radius 1 is 0.312 bits per heavy atom. The van der Waals surface area contributed by atoms with Gasteiger partial charge in [0.2, 0.25) is 0 Å². The van der Waals surface area contributed by atoms with Crippen LogP contribution in [0, 0.1) is 0 Å². The minimum atomic E-state index is -0.779. The largest absolute Gasteiger partial charge is 0.462 e. The van der Waals surface area contributed by atoms with Crippen molar-refractivity contribution in [1.82, 2.24) is 0 Å². The molecule has 0 fully saturated rings. The Labute approximate surface area is 397 Å². The lowest BCUT2D eigenvalue weighted by atomic mass is 10.0. The van der Waals surface area contributed by atoms with Crippen LogP contribution in [0.3, 0.4) is 0 Å². The molecular weight excluding hydrogens is 793 g/mol. The van der Waals surface area contributed by atoms with E-state index in [0.29, 0.717) is 19.3 Å². The average Bonchev–Trinajstić information content (AvgIpc) is 3.29. The predicted molar refractivity (Wildman–Crippen MR) is 275 cm³/mol. The van der Waals surface area contributed by atoms with Gasteiger partial charge >= 0.3 is 17.9 Å². The molecule has 0 saturated heterocycles. The number of allylic oxidation sites excluding steroid dienone is 6. The monoisotopic (exact) mass is 899 g/mol. The number of carbonyl (C=O) groups is 3. The van der Waals surface area contributed by atoms with Gasteiger partial charge in [-0.25, -0.2) is 0 Å². The maximum absolute atomic E-state index is 12.8. The van der Waals surface area contributed by atoms with Crippen LogP contribution in [-0.2, 0) is 28.6 Å². The molecule has 0 spiro atoms. The number of hydrogen-bond donors (Lipinski definition) is 0. The highest BCUT2D eigenvalue weighted by atomic mass is 16.6. The second-order valence-electron chi connectivity index (χ2n) is 18.8. The third-order valence-electron chi connectivity index (χ3n) is 12.3. The summed E-state index contributed by atoms with van der Waals surface area (Å²) in [4.78, 5) is 38.0. The topological polar surface area (TPSA) is 78.9 Å². The highest BCUT2D eigenvalue weighted by Gasteiger charge is 2.19. The first-order chi connectivity index (χ1) is 31.5. The Kier molecular flexibility index (Phi) is 51.3. The summed E-state index contributed by atoms with van der Waals surface area (Å²) in [6.45, 7) is 6.55. The number of carbonyl (C=O) groups excluding carboxylic acids is 3. The maximum Gasteiger partial charge on any atom is 0.306 e. The Morgan fingerprint density at radius 3 is 0.984 bits per heavy atom. The van der Waals surface area contributed by atoms with Gasteiger partial charge in [0.1, 0.15) is 13.2 Å². The molecule has 0 rings (SSSR count). The molecule has 0 aliphatic carbocycles. The fraction of sp³-hybridized carbons (Fsp3) is 0.845. The molecule has 0 aromatic rings. The summed E-state index contributed by atoms with van der Waals surface area (Å²) in [7, 11) is 0. The fourth-order valence-corrected chi connectivity index (χ4v) is 8.11. The van der Waals surface area contributed by atoms with Crippen LogP contribution in [0.1, 0.15) is 297 Å². The van der Waals surface area contributed by atoms with Gasteiger partial charge in [-0.1, -0.05) is 250 Å². The number of esters is 3. The molecule has 1 unspecified atom stereocenters. The van der Waals surface area contributed by atoms with Crippen LogP contribution in [0.15, 0.2) is 36.5 Å². The first kappa shape index (κ1) is 61.6. The molecule has 0 heterocycles. The molecule has 6 heteroatoms. The molecule has 0 N–H and O–H groups in total. The Morgan fingerprint density at radius 2 is 0.609 bits per heavy atom. The molecule has 0 amide bonds. The summed E-state index contributed by atoms with van der Waals surface area (Å²) in [6.07, 6.45) is 62.9. The van der Waals surface area contributed by atoms with Gasteiger partial charge in [0.25, 0.3) is 0 Å². The van der Waals surface area contributed by atoms with Crippen molar-refractivity contribution < 1.29 is 28.6 Å². The molecule has 0 aliphatic rings. The van der Waals surface area contributed by atoms with E-state index >= 15 is 0 Å². The first-order valence-electron chi connectivity index (χ1n) is 28.0. The summed E-state index contributed by atoms with van der Waals surface area (Å²) < 4.78 is 16.8. The van der Waals surface area contributed by atoms with Crippen molar-refractivity contribution >= 4 is 17.9 Å². The van der Waals surface area contributed by atoms with Crippen LogP contribution >= 0.6 is 0 Å². The number of hydrogen-bond acceptors (Lipinski definition) is 6. The van der Waals surface area contributed by atoms with E-state index in [9.17, 15) is 14.4 Å². The van der Waals surface area contributed by atoms with E-state index in [1.807, 2.05) is 0 Å². The second kappa shape index (κ2) is 53.2. The van der Waals surface area contributed by atoms with E-state index in [-0.39, 0.29) is 31.1 Å². The molecule has 0 aromatic carbocycles. The molecule has 64 heavy (non-hydrogen) atoms. The zero-order chi connectivity index (χ0) is 46.5. The van der Waals surface area contributed by atoms with E-state index in [2.05, 4.69) is 57.2 Å². The standard InChI is InChI=1S/C58H106O6/c1-4-7-10-13-16-19-22-24-25-26-27-28-29-30-31-32-34-36-39-42-45-48-51-57(60)63-54-55(53-62-56(59)50-47-44-41-38-35-21-18-15-12-9-6-3)64-58(61)52-49-46-43-40-37-33-23-20-17-14-11-8-5-2/h11,14-15,18,20,23,55H,4-10,12-13,16-17,19,21-22,24-54H2,1-3H3/b14-11-,18-15-,23-20-. The zero-order valence-corrected chi connectivity index (χ0v) is 42.8. The number of ether oxygens (including phenoxy) is 3. The Bertz CT molecular complexity index is 1080. The van der Waals surface area contributed by atoms with E-state index in [1.165, 1.54) is 161 Å². The summed E-state index contributed by atoms with van der Waals surface area (Å²) in [5.41, 5.74) is 0. The second-order valence-corrected chi connectivity index (χ2v) is 18.8. The van der Waals surface area contributed by atoms with Crippen LogP contribution < -0.4 is 0 Å². The lowest BCUT2D eigenvalue weighted by Gasteiger charge is -2.18. The Balaban J connectivity index is 4.23. The lowest BCUT2D eigenvalue weighted by Crippen LogP contribution is -2.30. The van der Waals surface area contributed by atoms with Gasteiger partial charge < -0.3 is 14.2 Å². The third-order valence-corrected chi connectivity index (χ3v) is 12.3. The highest BCUT2D eigenvalue weighted by Crippen LogP contribution is 2.17. The predicted octanol–water partition coefficient (Wildman–Crippen LogP) is 18.5. The van der Waals surface area contributed by atoms with Crippen LogP contribution in [-0.4, -0.2) is 37.2 Å². The smallest absolute Gasteiger partial charge is 0.306 e. The molecule has 374 valence electrons. The third kappa shape index (κ3) is 50.6. The SMILES string of the molecule is CCC/C=C\C/C=C\CCCCCCCC(=O)OC(COC(=O)CCCCCCC/C=C\CCCC)COC(=O)CCCCCCCCCCCCCCCCCCCCCCCC. The van der Waals surface area contributed by atoms with Gasteiger partial charge in [0.15, 0.2) is 6.10 Å². The normalized spacial score (nSPS) is 12.2. The van der Waals surface area contributed by atoms with Crippen molar-refractivity contribution in [2.24, 2.45) is 0 Å².